The fourth-order valence-corrected chi connectivity index (χ4v) is 5.37. The molecule has 1 amide bonds. The van der Waals surface area contributed by atoms with Gasteiger partial charge < -0.3 is 4.90 Å². The van der Waals surface area contributed by atoms with E-state index in [0.29, 0.717) is 42.4 Å². The number of halogens is 1. The number of likely N-dealkylation sites (tertiary alicyclic amines) is 2. The summed E-state index contributed by atoms with van der Waals surface area (Å²) in [7, 11) is 0. The number of aromatic nitrogens is 2. The minimum atomic E-state index is -0.503. The highest BCUT2D eigenvalue weighted by Gasteiger charge is 2.38. The monoisotopic (exact) mass is 460 g/mol. The molecule has 6 nitrogen and oxygen atoms in total. The second-order valence-electron chi connectivity index (χ2n) is 9.38. The normalized spacial score (nSPS) is 20.8. The first-order chi connectivity index (χ1) is 16.5. The largest absolute Gasteiger partial charge is 0.338 e. The van der Waals surface area contributed by atoms with Gasteiger partial charge in [0.2, 0.25) is 0 Å². The van der Waals surface area contributed by atoms with Crippen LogP contribution in [0, 0.1) is 17.7 Å². The quantitative estimate of drug-likeness (QED) is 0.591. The molecular weight excluding hydrogens is 431 g/mol. The first-order valence-electron chi connectivity index (χ1n) is 11.9. The Morgan fingerprint density at radius 2 is 1.94 bits per heavy atom. The molecule has 0 saturated carbocycles. The average molecular weight is 461 g/mol. The molecule has 2 atom stereocenters. The van der Waals surface area contributed by atoms with E-state index in [1.165, 1.54) is 6.07 Å². The van der Waals surface area contributed by atoms with Gasteiger partial charge >= 0.3 is 0 Å². The Bertz CT molecular complexity index is 1300. The molecule has 2 saturated heterocycles. The molecule has 3 aromatic rings. The van der Waals surface area contributed by atoms with Crippen LogP contribution in [0.3, 0.4) is 0 Å². The van der Waals surface area contributed by atoms with Crippen LogP contribution in [0.4, 0.5) is 4.39 Å². The Kier molecular flexibility index (Phi) is 6.28. The van der Waals surface area contributed by atoms with E-state index < -0.39 is 5.82 Å². The maximum absolute atomic E-state index is 14.8. The minimum Gasteiger partial charge on any atom is -0.338 e. The molecule has 0 bridgehead atoms. The van der Waals surface area contributed by atoms with Crippen LogP contribution in [-0.2, 0) is 6.42 Å². The minimum absolute atomic E-state index is 0.105. The van der Waals surface area contributed by atoms with Gasteiger partial charge in [0.15, 0.2) is 0 Å². The molecule has 0 spiro atoms. The molecule has 2 aliphatic rings. The Labute approximate surface area is 198 Å². The van der Waals surface area contributed by atoms with Crippen molar-refractivity contribution in [1.29, 1.82) is 0 Å². The number of carbonyl (C=O) groups excluding carboxylic acids is 1. The molecule has 2 aliphatic heterocycles. The Balaban J connectivity index is 1.34. The predicted octanol–water partition coefficient (Wildman–Crippen LogP) is 3.62. The number of rotatable bonds is 5. The van der Waals surface area contributed by atoms with Gasteiger partial charge in [0, 0.05) is 44.5 Å². The molecule has 2 fully saturated rings. The van der Waals surface area contributed by atoms with E-state index in [0.717, 1.165) is 37.0 Å². The van der Waals surface area contributed by atoms with Crippen LogP contribution in [0.5, 0.6) is 0 Å². The highest BCUT2D eigenvalue weighted by atomic mass is 19.1. The van der Waals surface area contributed by atoms with E-state index in [4.69, 9.17) is 0 Å². The molecular formula is C27H29FN4O2. The summed E-state index contributed by atoms with van der Waals surface area (Å²) in [6.07, 6.45) is 5.58. The van der Waals surface area contributed by atoms with E-state index >= 15 is 0 Å². The predicted molar refractivity (Wildman–Crippen MR) is 130 cm³/mol. The second-order valence-corrected chi connectivity index (χ2v) is 9.38. The summed E-state index contributed by atoms with van der Waals surface area (Å²) >= 11 is 0. The van der Waals surface area contributed by atoms with E-state index in [-0.39, 0.29) is 17.0 Å². The van der Waals surface area contributed by atoms with Crippen LogP contribution in [0.2, 0.25) is 0 Å². The van der Waals surface area contributed by atoms with Crippen molar-refractivity contribution < 1.29 is 9.18 Å². The molecule has 0 aliphatic carbocycles. The third-order valence-electron chi connectivity index (χ3n) is 7.17. The fraction of sp³-hybridized carbons (Fsp3) is 0.370. The number of nitrogens with one attached hydrogen (secondary N) is 1. The lowest BCUT2D eigenvalue weighted by atomic mass is 9.88. The van der Waals surface area contributed by atoms with Crippen molar-refractivity contribution in [1.82, 2.24) is 20.0 Å². The van der Waals surface area contributed by atoms with Crippen molar-refractivity contribution in [2.24, 2.45) is 11.8 Å². The number of allylic oxidation sites excluding steroid dienone is 1. The number of nitrogens with zero attached hydrogens (tertiary/aromatic N) is 3. The lowest BCUT2D eigenvalue weighted by molar-refractivity contribution is 0.0637. The lowest BCUT2D eigenvalue weighted by Gasteiger charge is -2.34. The smallest absolute Gasteiger partial charge is 0.272 e. The highest BCUT2D eigenvalue weighted by Crippen LogP contribution is 2.32. The summed E-state index contributed by atoms with van der Waals surface area (Å²) < 4.78 is 14.8. The van der Waals surface area contributed by atoms with Crippen LogP contribution >= 0.6 is 0 Å². The van der Waals surface area contributed by atoms with E-state index in [1.807, 2.05) is 30.0 Å². The maximum Gasteiger partial charge on any atom is 0.272 e. The summed E-state index contributed by atoms with van der Waals surface area (Å²) in [5.41, 5.74) is 1.33. The Hall–Kier alpha value is -3.32. The molecule has 2 unspecified atom stereocenters. The van der Waals surface area contributed by atoms with Crippen molar-refractivity contribution in [3.05, 3.63) is 87.6 Å². The molecule has 0 radical (unpaired) electrons. The molecule has 2 aromatic carbocycles. The van der Waals surface area contributed by atoms with Gasteiger partial charge in [-0.3, -0.25) is 14.5 Å². The van der Waals surface area contributed by atoms with E-state index in [9.17, 15) is 14.0 Å². The summed E-state index contributed by atoms with van der Waals surface area (Å²) in [6.45, 7) is 6.36. The molecule has 176 valence electrons. The van der Waals surface area contributed by atoms with Crippen molar-refractivity contribution in [2.75, 3.05) is 32.7 Å². The zero-order valence-electron chi connectivity index (χ0n) is 19.3. The molecule has 7 heteroatoms. The number of benzene rings is 2. The topological polar surface area (TPSA) is 69.3 Å². The first kappa shape index (κ1) is 22.5. The number of H-pyrrole nitrogens is 1. The van der Waals surface area contributed by atoms with Gasteiger partial charge in [-0.15, -0.1) is 0 Å². The molecule has 5 rings (SSSR count). The maximum atomic E-state index is 14.8. The summed E-state index contributed by atoms with van der Waals surface area (Å²) in [4.78, 5) is 29.6. The SMILES string of the molecule is C/C=C/CN1CC2CCN(C(=O)c3cc(Cc4n[nH]c(=O)c5ccccc45)ccc3F)CC2C1. The number of hydrogen-bond donors (Lipinski definition) is 1. The third kappa shape index (κ3) is 4.40. The Morgan fingerprint density at radius 1 is 1.15 bits per heavy atom. The summed E-state index contributed by atoms with van der Waals surface area (Å²) in [6, 6.07) is 12.0. The third-order valence-corrected chi connectivity index (χ3v) is 7.17. The second kappa shape index (κ2) is 9.50. The summed E-state index contributed by atoms with van der Waals surface area (Å²) in [5, 5.41) is 8.08. The van der Waals surface area contributed by atoms with Crippen LogP contribution < -0.4 is 5.56 Å². The van der Waals surface area contributed by atoms with Crippen LogP contribution in [0.1, 0.15) is 35.0 Å². The van der Waals surface area contributed by atoms with E-state index in [1.54, 1.807) is 18.2 Å². The van der Waals surface area contributed by atoms with Gasteiger partial charge in [-0.1, -0.05) is 36.4 Å². The number of hydrogen-bond acceptors (Lipinski definition) is 4. The van der Waals surface area contributed by atoms with Gasteiger partial charge in [0.05, 0.1) is 16.6 Å². The molecule has 1 aromatic heterocycles. The van der Waals surface area contributed by atoms with Gasteiger partial charge in [0.1, 0.15) is 5.82 Å². The standard InChI is InChI=1S/C27H29FN4O2/c1-2-3-11-31-15-19-10-12-32(17-20(19)16-31)27(34)23-13-18(8-9-24(23)28)14-25-21-6-4-5-7-22(21)26(33)30-29-25/h2-9,13,19-20H,10-12,14-17H2,1H3,(H,30,33)/b3-2+. The number of carbonyl (C=O) groups is 1. The van der Waals surface area contributed by atoms with Crippen molar-refractivity contribution >= 4 is 16.7 Å². The average Bonchev–Trinajstić information content (AvgIpc) is 3.27. The Morgan fingerprint density at radius 3 is 2.76 bits per heavy atom. The van der Waals surface area contributed by atoms with Gasteiger partial charge in [-0.25, -0.2) is 9.49 Å². The number of piperidine rings is 1. The van der Waals surface area contributed by atoms with Crippen molar-refractivity contribution in [3.63, 3.8) is 0 Å². The van der Waals surface area contributed by atoms with Crippen molar-refractivity contribution in [3.8, 4) is 0 Å². The van der Waals surface area contributed by atoms with E-state index in [2.05, 4.69) is 27.2 Å². The zero-order valence-corrected chi connectivity index (χ0v) is 19.3. The zero-order chi connectivity index (χ0) is 23.7. The number of aromatic amines is 1. The first-order valence-corrected chi connectivity index (χ1v) is 11.9. The fourth-order valence-electron chi connectivity index (χ4n) is 5.37. The number of amides is 1. The lowest BCUT2D eigenvalue weighted by Crippen LogP contribution is -2.43. The van der Waals surface area contributed by atoms with Gasteiger partial charge in [-0.2, -0.15) is 5.10 Å². The number of fused-ring (bicyclic) bond motifs is 2. The van der Waals surface area contributed by atoms with Gasteiger partial charge in [-0.05, 0) is 48.9 Å². The summed E-state index contributed by atoms with van der Waals surface area (Å²) in [5.74, 6) is 0.288. The highest BCUT2D eigenvalue weighted by molar-refractivity contribution is 5.95. The van der Waals surface area contributed by atoms with Crippen LogP contribution in [0.25, 0.3) is 10.8 Å². The van der Waals surface area contributed by atoms with Crippen molar-refractivity contribution in [2.45, 2.75) is 19.8 Å². The van der Waals surface area contributed by atoms with Gasteiger partial charge in [0.25, 0.3) is 11.5 Å². The molecule has 3 heterocycles. The van der Waals surface area contributed by atoms with Crippen LogP contribution in [0.15, 0.2) is 59.4 Å². The molecule has 1 N–H and O–H groups in total. The van der Waals surface area contributed by atoms with Crippen LogP contribution in [-0.4, -0.2) is 58.6 Å². The molecule has 34 heavy (non-hydrogen) atoms.